The monoisotopic (exact) mass is 431 g/mol. The lowest BCUT2D eigenvalue weighted by atomic mass is 10.2. The Hall–Kier alpha value is -2.40. The Morgan fingerprint density at radius 3 is 2.17 bits per heavy atom. The molecule has 0 aromatic heterocycles. The van der Waals surface area contributed by atoms with Gasteiger partial charge in [-0.3, -0.25) is 0 Å². The molecule has 0 fully saturated rings. The predicted octanol–water partition coefficient (Wildman–Crippen LogP) is 3.63. The predicted molar refractivity (Wildman–Crippen MR) is 115 cm³/mol. The molecule has 7 heteroatoms. The second kappa shape index (κ2) is 9.88. The van der Waals surface area contributed by atoms with Crippen molar-refractivity contribution in [3.8, 4) is 11.8 Å². The van der Waals surface area contributed by atoms with Gasteiger partial charge in [-0.1, -0.05) is 54.8 Å². The van der Waals surface area contributed by atoms with Crippen molar-refractivity contribution in [3.63, 3.8) is 0 Å². The molecule has 0 amide bonds. The van der Waals surface area contributed by atoms with Crippen molar-refractivity contribution >= 4 is 19.9 Å². The van der Waals surface area contributed by atoms with E-state index < -0.39 is 19.9 Å². The highest BCUT2D eigenvalue weighted by Gasteiger charge is 2.25. The van der Waals surface area contributed by atoms with E-state index in [-0.39, 0.29) is 28.8 Å². The highest BCUT2D eigenvalue weighted by Crippen LogP contribution is 2.19. The summed E-state index contributed by atoms with van der Waals surface area (Å²) in [5.74, 6) is 5.18. The Labute approximate surface area is 174 Å². The van der Waals surface area contributed by atoms with Crippen molar-refractivity contribution in [2.24, 2.45) is 5.92 Å². The largest absolute Gasteiger partial charge is 0.243 e. The number of nitrogens with zero attached hydrogens (tertiary/aromatic N) is 1. The van der Waals surface area contributed by atoms with Crippen LogP contribution in [0.15, 0.2) is 75.9 Å². The average Bonchev–Trinajstić information content (AvgIpc) is 2.70. The number of sulfone groups is 1. The van der Waals surface area contributed by atoms with Gasteiger partial charge in [-0.2, -0.15) is 4.31 Å². The normalized spacial score (nSPS) is 13.2. The number of hydrogen-bond acceptors (Lipinski definition) is 4. The molecule has 0 bridgehead atoms. The van der Waals surface area contributed by atoms with Crippen molar-refractivity contribution in [1.82, 2.24) is 4.31 Å². The molecule has 2 aromatic carbocycles. The van der Waals surface area contributed by atoms with Gasteiger partial charge in [0.1, 0.15) is 0 Å². The highest BCUT2D eigenvalue weighted by molar-refractivity contribution is 7.94. The molecule has 0 saturated carbocycles. The SMILES string of the molecule is CC#CCN(C[C@H](C)/C=C/S(=O)(=O)c1ccccc1)S(=O)(=O)c1ccc(C)cc1. The van der Waals surface area contributed by atoms with Crippen molar-refractivity contribution in [2.75, 3.05) is 13.1 Å². The summed E-state index contributed by atoms with van der Waals surface area (Å²) < 4.78 is 52.1. The van der Waals surface area contributed by atoms with Gasteiger partial charge in [0.15, 0.2) is 9.84 Å². The lowest BCUT2D eigenvalue weighted by Crippen LogP contribution is -2.35. The van der Waals surface area contributed by atoms with Crippen LogP contribution in [0, 0.1) is 24.7 Å². The Balaban J connectivity index is 2.23. The van der Waals surface area contributed by atoms with Crippen LogP contribution < -0.4 is 0 Å². The Morgan fingerprint density at radius 1 is 0.966 bits per heavy atom. The standard InChI is InChI=1S/C22H25NO4S2/c1-4-5-16-23(29(26,27)22-13-11-19(2)12-14-22)18-20(3)15-17-28(24,25)21-9-7-6-8-10-21/h6-15,17,20H,16,18H2,1-3H3/b17-15+/t20-/m1/s1. The molecule has 0 unspecified atom stereocenters. The molecule has 0 aliphatic rings. The fraction of sp³-hybridized carbons (Fsp3) is 0.273. The van der Waals surface area contributed by atoms with Crippen LogP contribution in [0.2, 0.25) is 0 Å². The molecule has 0 saturated heterocycles. The molecule has 2 rings (SSSR count). The van der Waals surface area contributed by atoms with Gasteiger partial charge in [0.25, 0.3) is 0 Å². The molecular formula is C22H25NO4S2. The van der Waals surface area contributed by atoms with E-state index in [1.54, 1.807) is 56.3 Å². The first-order valence-corrected chi connectivity index (χ1v) is 12.1. The maximum absolute atomic E-state index is 13.0. The summed E-state index contributed by atoms with van der Waals surface area (Å²) in [7, 11) is -7.32. The van der Waals surface area contributed by atoms with Gasteiger partial charge in [0, 0.05) is 12.0 Å². The molecule has 0 radical (unpaired) electrons. The van der Waals surface area contributed by atoms with Gasteiger partial charge in [-0.05, 0) is 44.0 Å². The number of sulfonamides is 1. The van der Waals surface area contributed by atoms with E-state index in [0.29, 0.717) is 0 Å². The molecule has 154 valence electrons. The molecule has 29 heavy (non-hydrogen) atoms. The lowest BCUT2D eigenvalue weighted by molar-refractivity contribution is 0.413. The first-order chi connectivity index (χ1) is 13.7. The van der Waals surface area contributed by atoms with E-state index >= 15 is 0 Å². The van der Waals surface area contributed by atoms with Crippen molar-refractivity contribution in [2.45, 2.75) is 30.6 Å². The van der Waals surface area contributed by atoms with Crippen molar-refractivity contribution < 1.29 is 16.8 Å². The average molecular weight is 432 g/mol. The summed E-state index contributed by atoms with van der Waals surface area (Å²) >= 11 is 0. The fourth-order valence-electron chi connectivity index (χ4n) is 2.58. The number of hydrogen-bond donors (Lipinski definition) is 0. The first-order valence-electron chi connectivity index (χ1n) is 9.11. The van der Waals surface area contributed by atoms with Crippen LogP contribution in [0.1, 0.15) is 19.4 Å². The second-order valence-electron chi connectivity index (χ2n) is 6.70. The number of benzene rings is 2. The summed E-state index contributed by atoms with van der Waals surface area (Å²) in [5, 5.41) is 1.13. The molecular weight excluding hydrogens is 406 g/mol. The zero-order valence-electron chi connectivity index (χ0n) is 16.7. The summed E-state index contributed by atoms with van der Waals surface area (Å²) in [5.41, 5.74) is 0.964. The third-order valence-corrected chi connectivity index (χ3v) is 7.51. The molecule has 0 spiro atoms. The molecule has 2 aromatic rings. The van der Waals surface area contributed by atoms with Crippen LogP contribution in [0.5, 0.6) is 0 Å². The van der Waals surface area contributed by atoms with Crippen LogP contribution in [-0.4, -0.2) is 34.2 Å². The third kappa shape index (κ3) is 6.29. The smallest absolute Gasteiger partial charge is 0.219 e. The number of rotatable bonds is 8. The molecule has 0 N–H and O–H groups in total. The molecule has 0 aliphatic heterocycles. The Morgan fingerprint density at radius 2 is 1.59 bits per heavy atom. The summed E-state index contributed by atoms with van der Waals surface area (Å²) in [6.07, 6.45) is 1.51. The summed E-state index contributed by atoms with van der Waals surface area (Å²) in [6, 6.07) is 14.7. The highest BCUT2D eigenvalue weighted by atomic mass is 32.2. The van der Waals surface area contributed by atoms with Crippen LogP contribution in [0.4, 0.5) is 0 Å². The van der Waals surface area contributed by atoms with Gasteiger partial charge < -0.3 is 0 Å². The Kier molecular flexibility index (Phi) is 7.80. The van der Waals surface area contributed by atoms with E-state index in [2.05, 4.69) is 11.8 Å². The van der Waals surface area contributed by atoms with Gasteiger partial charge in [0.05, 0.1) is 16.3 Å². The van der Waals surface area contributed by atoms with E-state index in [1.807, 2.05) is 6.92 Å². The van der Waals surface area contributed by atoms with Gasteiger partial charge in [0.2, 0.25) is 10.0 Å². The number of aryl methyl sites for hydroxylation is 1. The van der Waals surface area contributed by atoms with Crippen LogP contribution in [0.25, 0.3) is 0 Å². The molecule has 1 atom stereocenters. The summed E-state index contributed by atoms with van der Waals surface area (Å²) in [6.45, 7) is 5.46. The van der Waals surface area contributed by atoms with Crippen LogP contribution >= 0.6 is 0 Å². The Bertz CT molecular complexity index is 1110. The third-order valence-electron chi connectivity index (χ3n) is 4.24. The quantitative estimate of drug-likeness (QED) is 0.599. The minimum atomic E-state index is -3.74. The molecule has 5 nitrogen and oxygen atoms in total. The second-order valence-corrected chi connectivity index (χ2v) is 10.5. The minimum absolute atomic E-state index is 0.0380. The van der Waals surface area contributed by atoms with Crippen molar-refractivity contribution in [1.29, 1.82) is 0 Å². The van der Waals surface area contributed by atoms with E-state index in [4.69, 9.17) is 0 Å². The van der Waals surface area contributed by atoms with E-state index in [0.717, 1.165) is 11.0 Å². The van der Waals surface area contributed by atoms with E-state index in [9.17, 15) is 16.8 Å². The van der Waals surface area contributed by atoms with Crippen molar-refractivity contribution in [3.05, 3.63) is 71.6 Å². The maximum atomic E-state index is 13.0. The van der Waals surface area contributed by atoms with Gasteiger partial charge in [-0.25, -0.2) is 16.8 Å². The maximum Gasteiger partial charge on any atom is 0.243 e. The van der Waals surface area contributed by atoms with Crippen LogP contribution in [0.3, 0.4) is 0 Å². The molecule has 0 heterocycles. The van der Waals surface area contributed by atoms with E-state index in [1.165, 1.54) is 22.5 Å². The zero-order chi connectivity index (χ0) is 21.5. The van der Waals surface area contributed by atoms with Crippen LogP contribution in [-0.2, 0) is 19.9 Å². The van der Waals surface area contributed by atoms with Gasteiger partial charge in [-0.15, -0.1) is 5.92 Å². The zero-order valence-corrected chi connectivity index (χ0v) is 18.4. The topological polar surface area (TPSA) is 71.5 Å². The summed E-state index contributed by atoms with van der Waals surface area (Å²) in [4.78, 5) is 0.388. The van der Waals surface area contributed by atoms with Gasteiger partial charge >= 0.3 is 0 Å². The lowest BCUT2D eigenvalue weighted by Gasteiger charge is -2.22. The molecule has 0 aliphatic carbocycles. The minimum Gasteiger partial charge on any atom is -0.219 e. The fourth-order valence-corrected chi connectivity index (χ4v) is 5.20. The first kappa shape index (κ1) is 22.9.